The number of para-hydroxylation sites is 1. The van der Waals surface area contributed by atoms with E-state index in [1.165, 1.54) is 4.90 Å². The minimum Gasteiger partial charge on any atom is -0.315 e. The minimum atomic E-state index is -0.289. The lowest BCUT2D eigenvalue weighted by Crippen LogP contribution is -2.30. The van der Waals surface area contributed by atoms with Crippen LogP contribution in [-0.4, -0.2) is 18.9 Å². The second-order valence-electron chi connectivity index (χ2n) is 2.98. The fourth-order valence-corrected chi connectivity index (χ4v) is 1.28. The maximum absolute atomic E-state index is 11.6. The molecule has 4 nitrogen and oxygen atoms in total. The van der Waals surface area contributed by atoms with Gasteiger partial charge in [0.1, 0.15) is 6.42 Å². The van der Waals surface area contributed by atoms with Gasteiger partial charge >= 0.3 is 0 Å². The molecular weight excluding hydrogens is 307 g/mol. The van der Waals surface area contributed by atoms with Gasteiger partial charge in [0.2, 0.25) is 11.8 Å². The Morgan fingerprint density at radius 1 is 1.33 bits per heavy atom. The third-order valence-corrected chi connectivity index (χ3v) is 2.54. The summed E-state index contributed by atoms with van der Waals surface area (Å²) in [5.41, 5.74) is 0.781. The van der Waals surface area contributed by atoms with E-state index in [1.54, 1.807) is 29.9 Å². The molecule has 0 heterocycles. The number of carbonyl (C=O) groups excluding carboxylic acids is 2. The zero-order valence-corrected chi connectivity index (χ0v) is 10.4. The van der Waals surface area contributed by atoms with Crippen LogP contribution in [0.5, 0.6) is 0 Å². The molecule has 0 aliphatic heterocycles. The number of nitrogens with zero attached hydrogens (tertiary/aromatic N) is 1. The number of nitrogens with one attached hydrogen (secondary N) is 1. The van der Waals surface area contributed by atoms with Gasteiger partial charge in [0.25, 0.3) is 0 Å². The molecule has 1 aromatic carbocycles. The standard InChI is InChI=1S/C10H11IN2O2/c1-13(8-5-3-2-4-6-8)10(15)7-9(14)12-11/h2-6H,7H2,1H3,(H,12,14). The van der Waals surface area contributed by atoms with Crippen molar-refractivity contribution in [2.75, 3.05) is 11.9 Å². The van der Waals surface area contributed by atoms with E-state index in [2.05, 4.69) is 3.53 Å². The zero-order chi connectivity index (χ0) is 11.3. The lowest BCUT2D eigenvalue weighted by atomic mass is 10.2. The van der Waals surface area contributed by atoms with Crippen LogP contribution in [0.3, 0.4) is 0 Å². The summed E-state index contributed by atoms with van der Waals surface area (Å²) in [6.45, 7) is 0. The molecule has 0 aliphatic carbocycles. The molecule has 0 saturated heterocycles. The van der Waals surface area contributed by atoms with Gasteiger partial charge in [-0.05, 0) is 12.1 Å². The molecule has 2 amide bonds. The number of carbonyl (C=O) groups is 2. The Morgan fingerprint density at radius 2 is 1.93 bits per heavy atom. The molecule has 0 saturated carbocycles. The molecule has 0 bridgehead atoms. The van der Waals surface area contributed by atoms with Gasteiger partial charge in [-0.25, -0.2) is 0 Å². The first-order valence-electron chi connectivity index (χ1n) is 4.36. The number of hydrogen-bond acceptors (Lipinski definition) is 2. The van der Waals surface area contributed by atoms with Crippen LogP contribution in [0.15, 0.2) is 30.3 Å². The van der Waals surface area contributed by atoms with Gasteiger partial charge in [-0.2, -0.15) is 0 Å². The fourth-order valence-electron chi connectivity index (χ4n) is 1.08. The molecule has 0 aromatic heterocycles. The highest BCUT2D eigenvalue weighted by Gasteiger charge is 2.14. The Labute approximate surface area is 102 Å². The van der Waals surface area contributed by atoms with Gasteiger partial charge in [0, 0.05) is 12.7 Å². The van der Waals surface area contributed by atoms with Crippen molar-refractivity contribution in [1.82, 2.24) is 3.53 Å². The Bertz CT molecular complexity index is 354. The Balaban J connectivity index is 2.65. The van der Waals surface area contributed by atoms with Crippen LogP contribution in [0, 0.1) is 0 Å². The summed E-state index contributed by atoms with van der Waals surface area (Å²) in [7, 11) is 1.65. The second kappa shape index (κ2) is 5.69. The van der Waals surface area contributed by atoms with Crippen LogP contribution >= 0.6 is 22.9 Å². The van der Waals surface area contributed by atoms with Gasteiger partial charge in [0.15, 0.2) is 0 Å². The number of hydrogen-bond donors (Lipinski definition) is 1. The van der Waals surface area contributed by atoms with E-state index >= 15 is 0 Å². The fraction of sp³-hybridized carbons (Fsp3) is 0.200. The van der Waals surface area contributed by atoms with E-state index < -0.39 is 0 Å². The highest BCUT2D eigenvalue weighted by atomic mass is 127. The topological polar surface area (TPSA) is 49.4 Å². The molecule has 1 N–H and O–H groups in total. The molecule has 0 atom stereocenters. The molecule has 15 heavy (non-hydrogen) atoms. The lowest BCUT2D eigenvalue weighted by molar-refractivity contribution is -0.126. The summed E-state index contributed by atoms with van der Waals surface area (Å²) < 4.78 is 2.39. The van der Waals surface area contributed by atoms with Crippen molar-refractivity contribution in [3.63, 3.8) is 0 Å². The summed E-state index contributed by atoms with van der Waals surface area (Å²) in [5.74, 6) is -0.515. The van der Waals surface area contributed by atoms with E-state index in [0.29, 0.717) is 0 Å². The van der Waals surface area contributed by atoms with Crippen LogP contribution < -0.4 is 8.43 Å². The van der Waals surface area contributed by atoms with Crippen LogP contribution in [-0.2, 0) is 9.59 Å². The van der Waals surface area contributed by atoms with Crippen molar-refractivity contribution in [2.45, 2.75) is 6.42 Å². The van der Waals surface area contributed by atoms with E-state index in [-0.39, 0.29) is 18.2 Å². The van der Waals surface area contributed by atoms with Gasteiger partial charge in [0.05, 0.1) is 22.9 Å². The number of halogens is 1. The summed E-state index contributed by atoms with van der Waals surface area (Å²) in [6, 6.07) is 9.20. The monoisotopic (exact) mass is 318 g/mol. The third-order valence-electron chi connectivity index (χ3n) is 1.93. The molecule has 0 spiro atoms. The van der Waals surface area contributed by atoms with Crippen molar-refractivity contribution in [1.29, 1.82) is 0 Å². The highest BCUT2D eigenvalue weighted by Crippen LogP contribution is 2.11. The van der Waals surface area contributed by atoms with Gasteiger partial charge in [-0.1, -0.05) is 18.2 Å². The van der Waals surface area contributed by atoms with Gasteiger partial charge in [-0.3, -0.25) is 13.1 Å². The van der Waals surface area contributed by atoms with E-state index in [4.69, 9.17) is 0 Å². The molecule has 0 aliphatic rings. The lowest BCUT2D eigenvalue weighted by Gasteiger charge is -2.16. The van der Waals surface area contributed by atoms with Gasteiger partial charge < -0.3 is 4.90 Å². The largest absolute Gasteiger partial charge is 0.315 e. The summed E-state index contributed by atoms with van der Waals surface area (Å²) in [4.78, 5) is 24.0. The molecule has 80 valence electrons. The number of amides is 2. The number of rotatable bonds is 3. The normalized spacial score (nSPS) is 9.47. The molecule has 5 heteroatoms. The predicted octanol–water partition coefficient (Wildman–Crippen LogP) is 1.51. The van der Waals surface area contributed by atoms with Gasteiger partial charge in [-0.15, -0.1) is 0 Å². The maximum Gasteiger partial charge on any atom is 0.238 e. The maximum atomic E-state index is 11.6. The SMILES string of the molecule is CN(C(=O)CC(=O)NI)c1ccccc1. The molecule has 0 fully saturated rings. The van der Waals surface area contributed by atoms with Crippen molar-refractivity contribution in [3.8, 4) is 0 Å². The van der Waals surface area contributed by atoms with E-state index in [0.717, 1.165) is 5.69 Å². The minimum absolute atomic E-state index is 0.131. The number of anilines is 1. The Kier molecular flexibility index (Phi) is 4.54. The summed E-state index contributed by atoms with van der Waals surface area (Å²) in [5, 5.41) is 0. The molecule has 1 rings (SSSR count). The second-order valence-corrected chi connectivity index (χ2v) is 3.52. The average Bonchev–Trinajstić information content (AvgIpc) is 2.29. The van der Waals surface area contributed by atoms with Crippen LogP contribution in [0.25, 0.3) is 0 Å². The zero-order valence-electron chi connectivity index (χ0n) is 8.24. The molecule has 0 unspecified atom stereocenters. The van der Waals surface area contributed by atoms with Crippen LogP contribution in [0.2, 0.25) is 0 Å². The summed E-state index contributed by atoms with van der Waals surface area (Å²) >= 11 is 1.71. The first-order chi connectivity index (χ1) is 7.15. The predicted molar refractivity (Wildman–Crippen MR) is 66.6 cm³/mol. The first kappa shape index (κ1) is 12.0. The van der Waals surface area contributed by atoms with Crippen molar-refractivity contribution in [2.24, 2.45) is 0 Å². The smallest absolute Gasteiger partial charge is 0.238 e. The van der Waals surface area contributed by atoms with E-state index in [9.17, 15) is 9.59 Å². The average molecular weight is 318 g/mol. The van der Waals surface area contributed by atoms with Crippen LogP contribution in [0.1, 0.15) is 6.42 Å². The summed E-state index contributed by atoms with van der Waals surface area (Å²) in [6.07, 6.45) is -0.131. The van der Waals surface area contributed by atoms with Crippen LogP contribution in [0.4, 0.5) is 5.69 Å². The van der Waals surface area contributed by atoms with Crippen molar-refractivity contribution < 1.29 is 9.59 Å². The van der Waals surface area contributed by atoms with Crippen molar-refractivity contribution in [3.05, 3.63) is 30.3 Å². The van der Waals surface area contributed by atoms with Crippen molar-refractivity contribution >= 4 is 40.4 Å². The third kappa shape index (κ3) is 3.50. The Morgan fingerprint density at radius 3 is 2.47 bits per heavy atom. The molecular formula is C10H11IN2O2. The quantitative estimate of drug-likeness (QED) is 0.522. The molecule has 0 radical (unpaired) electrons. The first-order valence-corrected chi connectivity index (χ1v) is 5.44. The van der Waals surface area contributed by atoms with E-state index in [1.807, 2.05) is 30.3 Å². The Hall–Kier alpha value is -1.11. The molecule has 1 aromatic rings. The number of benzene rings is 1. The highest BCUT2D eigenvalue weighted by molar-refractivity contribution is 14.1.